The molecule has 0 atom stereocenters. The van der Waals surface area contributed by atoms with Gasteiger partial charge in [0.25, 0.3) is 0 Å². The predicted octanol–water partition coefficient (Wildman–Crippen LogP) is 3.36. The minimum atomic E-state index is -0.473. The molecule has 0 aliphatic carbocycles. The van der Waals surface area contributed by atoms with Gasteiger partial charge in [-0.15, -0.1) is 0 Å². The van der Waals surface area contributed by atoms with Crippen molar-refractivity contribution in [3.05, 3.63) is 42.0 Å². The predicted molar refractivity (Wildman–Crippen MR) is 90.6 cm³/mol. The molecule has 5 heteroatoms. The maximum atomic E-state index is 12.1. The number of carbonyl (C=O) groups excluding carboxylic acids is 1. The van der Waals surface area contributed by atoms with Crippen LogP contribution in [0.5, 0.6) is 0 Å². The van der Waals surface area contributed by atoms with Crippen LogP contribution < -0.4 is 10.6 Å². The topological polar surface area (TPSA) is 53.5 Å². The van der Waals surface area contributed by atoms with Gasteiger partial charge in [-0.1, -0.05) is 42.1 Å². The maximum Gasteiger partial charge on any atom is 0.321 e. The number of hydrogen-bond donors (Lipinski definition) is 2. The van der Waals surface area contributed by atoms with Crippen molar-refractivity contribution >= 4 is 28.5 Å². The fourth-order valence-electron chi connectivity index (χ4n) is 2.07. The van der Waals surface area contributed by atoms with Crippen LogP contribution in [0.3, 0.4) is 0 Å². The van der Waals surface area contributed by atoms with Gasteiger partial charge in [0.05, 0.1) is 12.1 Å². The highest BCUT2D eigenvalue weighted by Gasteiger charge is 2.24. The Labute approximate surface area is 130 Å². The number of thioether (sulfide) groups is 1. The number of allylic oxidation sites excluding steroid dienone is 1. The lowest BCUT2D eigenvalue weighted by atomic mass is 9.92. The van der Waals surface area contributed by atoms with E-state index in [0.717, 1.165) is 29.0 Å². The molecule has 0 saturated heterocycles. The maximum absolute atomic E-state index is 12.1. The molecule has 0 bridgehead atoms. The highest BCUT2D eigenvalue weighted by Crippen LogP contribution is 2.23. The summed E-state index contributed by atoms with van der Waals surface area (Å²) in [5.74, 6) is 0.930. The number of nitrogens with one attached hydrogen (secondary N) is 2. The van der Waals surface area contributed by atoms with Crippen LogP contribution >= 0.6 is 11.8 Å². The lowest BCUT2D eigenvalue weighted by Gasteiger charge is -2.27. The third-order valence-corrected chi connectivity index (χ3v) is 4.20. The molecule has 21 heavy (non-hydrogen) atoms. The Bertz CT molecular complexity index is 593. The first-order valence-corrected chi connectivity index (χ1v) is 7.90. The second-order valence-corrected chi connectivity index (χ2v) is 6.68. The van der Waals surface area contributed by atoms with Gasteiger partial charge >= 0.3 is 6.03 Å². The van der Waals surface area contributed by atoms with Gasteiger partial charge in [-0.25, -0.2) is 4.79 Å². The molecule has 0 aromatic heterocycles. The number of benzene rings is 1. The molecule has 0 spiro atoms. The zero-order valence-electron chi connectivity index (χ0n) is 12.7. The Kier molecular flexibility index (Phi) is 4.73. The van der Waals surface area contributed by atoms with Gasteiger partial charge in [-0.05, 0) is 38.0 Å². The van der Waals surface area contributed by atoms with Crippen molar-refractivity contribution in [3.8, 4) is 0 Å². The Morgan fingerprint density at radius 1 is 1.43 bits per heavy atom. The molecule has 1 aliphatic rings. The Balaban J connectivity index is 2.08. The number of nitrogens with zero attached hydrogens (tertiary/aromatic N) is 1. The SMILES string of the molecule is C=C(C)c1cccc(C(C)(C)NC(=O)NC2=NCCS2)c1. The highest BCUT2D eigenvalue weighted by atomic mass is 32.2. The largest absolute Gasteiger partial charge is 0.329 e. The summed E-state index contributed by atoms with van der Waals surface area (Å²) in [4.78, 5) is 16.3. The number of hydrogen-bond acceptors (Lipinski definition) is 3. The molecule has 2 N–H and O–H groups in total. The van der Waals surface area contributed by atoms with Crippen molar-refractivity contribution < 1.29 is 4.79 Å². The van der Waals surface area contributed by atoms with Crippen LogP contribution in [-0.4, -0.2) is 23.5 Å². The van der Waals surface area contributed by atoms with Crippen LogP contribution in [0.2, 0.25) is 0 Å². The van der Waals surface area contributed by atoms with Crippen molar-refractivity contribution in [3.63, 3.8) is 0 Å². The summed E-state index contributed by atoms with van der Waals surface area (Å²) in [5, 5.41) is 6.47. The molecule has 0 saturated carbocycles. The zero-order chi connectivity index (χ0) is 15.5. The van der Waals surface area contributed by atoms with E-state index in [1.54, 1.807) is 11.8 Å². The molecule has 0 unspecified atom stereocenters. The molecular weight excluding hydrogens is 282 g/mol. The lowest BCUT2D eigenvalue weighted by molar-refractivity contribution is 0.235. The van der Waals surface area contributed by atoms with Crippen LogP contribution in [0.15, 0.2) is 35.8 Å². The van der Waals surface area contributed by atoms with E-state index in [0.29, 0.717) is 5.17 Å². The second kappa shape index (κ2) is 6.35. The summed E-state index contributed by atoms with van der Waals surface area (Å²) in [6, 6.07) is 7.84. The molecular formula is C16H21N3OS. The Morgan fingerprint density at radius 2 is 2.19 bits per heavy atom. The number of amidine groups is 1. The summed E-state index contributed by atoms with van der Waals surface area (Å²) in [5.41, 5.74) is 2.66. The summed E-state index contributed by atoms with van der Waals surface area (Å²) in [6.07, 6.45) is 0. The smallest absolute Gasteiger partial charge is 0.321 e. The van der Waals surface area contributed by atoms with E-state index in [-0.39, 0.29) is 6.03 Å². The van der Waals surface area contributed by atoms with Gasteiger partial charge < -0.3 is 5.32 Å². The summed E-state index contributed by atoms with van der Waals surface area (Å²) >= 11 is 1.57. The highest BCUT2D eigenvalue weighted by molar-refractivity contribution is 8.14. The molecule has 1 aliphatic heterocycles. The molecule has 2 rings (SSSR count). The van der Waals surface area contributed by atoms with Gasteiger partial charge in [0, 0.05) is 5.75 Å². The summed E-state index contributed by atoms with van der Waals surface area (Å²) < 4.78 is 0. The summed E-state index contributed by atoms with van der Waals surface area (Å²) in [7, 11) is 0. The lowest BCUT2D eigenvalue weighted by Crippen LogP contribution is -2.47. The van der Waals surface area contributed by atoms with Crippen LogP contribution in [0.4, 0.5) is 4.79 Å². The first-order valence-electron chi connectivity index (χ1n) is 6.91. The molecule has 0 fully saturated rings. The molecule has 1 aromatic carbocycles. The van der Waals surface area contributed by atoms with Crippen LogP contribution in [0.1, 0.15) is 31.9 Å². The van der Waals surface area contributed by atoms with Gasteiger partial charge in [0.15, 0.2) is 5.17 Å². The first kappa shape index (κ1) is 15.6. The van der Waals surface area contributed by atoms with E-state index in [1.165, 1.54) is 0 Å². The third kappa shape index (κ3) is 4.11. The van der Waals surface area contributed by atoms with E-state index in [2.05, 4.69) is 28.3 Å². The van der Waals surface area contributed by atoms with Gasteiger partial charge in [0.1, 0.15) is 0 Å². The second-order valence-electron chi connectivity index (χ2n) is 5.60. The van der Waals surface area contributed by atoms with Crippen molar-refractivity contribution in [2.75, 3.05) is 12.3 Å². The van der Waals surface area contributed by atoms with Gasteiger partial charge in [0.2, 0.25) is 0 Å². The number of amides is 2. The van der Waals surface area contributed by atoms with Gasteiger partial charge in [-0.2, -0.15) is 0 Å². The Morgan fingerprint density at radius 3 is 2.81 bits per heavy atom. The van der Waals surface area contributed by atoms with Gasteiger partial charge in [-0.3, -0.25) is 10.3 Å². The van der Waals surface area contributed by atoms with E-state index < -0.39 is 5.54 Å². The molecule has 1 aromatic rings. The number of rotatable bonds is 3. The third-order valence-electron chi connectivity index (χ3n) is 3.31. The molecule has 1 heterocycles. The minimum absolute atomic E-state index is 0.228. The quantitative estimate of drug-likeness (QED) is 0.899. The van der Waals surface area contributed by atoms with E-state index in [4.69, 9.17) is 0 Å². The van der Waals surface area contributed by atoms with E-state index in [9.17, 15) is 4.79 Å². The normalized spacial score (nSPS) is 14.5. The van der Waals surface area contributed by atoms with Crippen molar-refractivity contribution in [2.45, 2.75) is 26.3 Å². The van der Waals surface area contributed by atoms with E-state index >= 15 is 0 Å². The van der Waals surface area contributed by atoms with Crippen LogP contribution in [0, 0.1) is 0 Å². The Hall–Kier alpha value is -1.75. The number of carbonyl (C=O) groups is 1. The minimum Gasteiger partial charge on any atom is -0.329 e. The first-order chi connectivity index (χ1) is 9.88. The molecule has 0 radical (unpaired) electrons. The van der Waals surface area contributed by atoms with E-state index in [1.807, 2.05) is 39.0 Å². The van der Waals surface area contributed by atoms with Crippen LogP contribution in [0.25, 0.3) is 5.57 Å². The average Bonchev–Trinajstić information content (AvgIpc) is 2.91. The molecule has 112 valence electrons. The number of aliphatic imine (C=N–C) groups is 1. The number of urea groups is 1. The van der Waals surface area contributed by atoms with Crippen molar-refractivity contribution in [1.29, 1.82) is 0 Å². The molecule has 4 nitrogen and oxygen atoms in total. The fraction of sp³-hybridized carbons (Fsp3) is 0.375. The standard InChI is InChI=1S/C16H21N3OS/c1-11(2)12-6-5-7-13(10-12)16(3,4)19-14(20)18-15-17-8-9-21-15/h5-7,10H,1,8-9H2,2-4H3,(H2,17,18,19,20). The molecule has 2 amide bonds. The average molecular weight is 303 g/mol. The monoisotopic (exact) mass is 303 g/mol. The van der Waals surface area contributed by atoms with Crippen molar-refractivity contribution in [1.82, 2.24) is 10.6 Å². The zero-order valence-corrected chi connectivity index (χ0v) is 13.5. The fourth-order valence-corrected chi connectivity index (χ4v) is 2.79. The summed E-state index contributed by atoms with van der Waals surface area (Å²) in [6.45, 7) is 10.7. The van der Waals surface area contributed by atoms with Crippen molar-refractivity contribution in [2.24, 2.45) is 4.99 Å². The van der Waals surface area contributed by atoms with Crippen LogP contribution in [-0.2, 0) is 5.54 Å².